The van der Waals surface area contributed by atoms with Crippen LogP contribution in [0.2, 0.25) is 0 Å². The number of piperidine rings is 1. The van der Waals surface area contributed by atoms with Crippen LogP contribution >= 0.6 is 0 Å². The quantitative estimate of drug-likeness (QED) is 0.741. The molecular weight excluding hydrogens is 298 g/mol. The van der Waals surface area contributed by atoms with Gasteiger partial charge in [0.1, 0.15) is 0 Å². The molecule has 136 valence electrons. The molecule has 3 N–H and O–H groups in total. The van der Waals surface area contributed by atoms with E-state index in [9.17, 15) is 4.79 Å². The summed E-state index contributed by atoms with van der Waals surface area (Å²) in [5.41, 5.74) is 0. The predicted molar refractivity (Wildman–Crippen MR) is 96.7 cm³/mol. The maximum absolute atomic E-state index is 13.0. The molecule has 1 amide bonds. The molecule has 0 aromatic rings. The lowest BCUT2D eigenvalue weighted by molar-refractivity contribution is -0.124. The molecule has 0 spiro atoms. The number of carbonyl (C=O) groups excluding carboxylic acids is 1. The van der Waals surface area contributed by atoms with Gasteiger partial charge in [0, 0.05) is 18.1 Å². The van der Waals surface area contributed by atoms with Crippen molar-refractivity contribution in [1.29, 1.82) is 0 Å². The molecule has 6 unspecified atom stereocenters. The molecule has 7 atom stereocenters. The number of hydrogen-bond donors (Lipinski definition) is 3. The smallest absolute Gasteiger partial charge is 0.237 e. The van der Waals surface area contributed by atoms with Crippen LogP contribution in [0.4, 0.5) is 0 Å². The zero-order chi connectivity index (χ0) is 16.7. The van der Waals surface area contributed by atoms with Gasteiger partial charge in [-0.05, 0) is 75.2 Å². The number of carbonyl (C=O) groups is 1. The van der Waals surface area contributed by atoms with Crippen LogP contribution in [0.3, 0.4) is 0 Å². The molecule has 0 radical (unpaired) electrons. The Bertz CT molecular complexity index is 464. The molecule has 4 rings (SSSR count). The molecule has 0 aromatic carbocycles. The Morgan fingerprint density at radius 2 is 1.83 bits per heavy atom. The van der Waals surface area contributed by atoms with Gasteiger partial charge >= 0.3 is 0 Å². The summed E-state index contributed by atoms with van der Waals surface area (Å²) in [5, 5.41) is 10.9. The first-order valence-electron chi connectivity index (χ1n) is 10.4. The normalized spacial score (nSPS) is 43.9. The largest absolute Gasteiger partial charge is 0.350 e. The van der Waals surface area contributed by atoms with Gasteiger partial charge in [-0.3, -0.25) is 4.79 Å². The Hall–Kier alpha value is -0.610. The first kappa shape index (κ1) is 16.8. The summed E-state index contributed by atoms with van der Waals surface area (Å²) < 4.78 is 0. The highest BCUT2D eigenvalue weighted by Crippen LogP contribution is 2.39. The van der Waals surface area contributed by atoms with Crippen molar-refractivity contribution in [2.24, 2.45) is 23.7 Å². The van der Waals surface area contributed by atoms with Crippen molar-refractivity contribution in [3.63, 3.8) is 0 Å². The summed E-state index contributed by atoms with van der Waals surface area (Å²) in [6.07, 6.45) is 10.1. The zero-order valence-corrected chi connectivity index (χ0v) is 15.4. The fraction of sp³-hybridized carbons (Fsp3) is 0.950. The van der Waals surface area contributed by atoms with Crippen molar-refractivity contribution in [2.45, 2.75) is 89.4 Å². The van der Waals surface area contributed by atoms with E-state index in [0.717, 1.165) is 24.8 Å². The predicted octanol–water partition coefficient (Wildman–Crippen LogP) is 2.44. The third kappa shape index (κ3) is 3.37. The lowest BCUT2D eigenvalue weighted by atomic mass is 9.78. The van der Waals surface area contributed by atoms with E-state index < -0.39 is 0 Å². The molecule has 24 heavy (non-hydrogen) atoms. The maximum atomic E-state index is 13.0. The number of fused-ring (bicyclic) bond motifs is 1. The van der Waals surface area contributed by atoms with E-state index in [-0.39, 0.29) is 11.9 Å². The molecule has 4 heteroatoms. The first-order valence-corrected chi connectivity index (χ1v) is 10.4. The number of amides is 1. The van der Waals surface area contributed by atoms with Gasteiger partial charge in [-0.2, -0.15) is 0 Å². The van der Waals surface area contributed by atoms with Crippen LogP contribution in [0.5, 0.6) is 0 Å². The second-order valence-electron chi connectivity index (χ2n) is 9.12. The molecule has 2 saturated carbocycles. The average molecular weight is 334 g/mol. The van der Waals surface area contributed by atoms with E-state index in [1.807, 2.05) is 0 Å². The second kappa shape index (κ2) is 6.95. The van der Waals surface area contributed by atoms with Crippen LogP contribution in [-0.4, -0.2) is 36.6 Å². The number of hydrogen-bond acceptors (Lipinski definition) is 3. The highest BCUT2D eigenvalue weighted by atomic mass is 16.2. The van der Waals surface area contributed by atoms with Crippen LogP contribution in [-0.2, 0) is 4.79 Å². The topological polar surface area (TPSA) is 53.2 Å². The van der Waals surface area contributed by atoms with Gasteiger partial charge in [-0.1, -0.05) is 20.3 Å². The monoisotopic (exact) mass is 333 g/mol. The fourth-order valence-electron chi connectivity index (χ4n) is 5.65. The Morgan fingerprint density at radius 3 is 2.54 bits per heavy atom. The van der Waals surface area contributed by atoms with Gasteiger partial charge in [0.15, 0.2) is 0 Å². The molecule has 0 aromatic heterocycles. The average Bonchev–Trinajstić information content (AvgIpc) is 3.31. The van der Waals surface area contributed by atoms with Crippen LogP contribution in [0, 0.1) is 23.7 Å². The van der Waals surface area contributed by atoms with Crippen molar-refractivity contribution < 1.29 is 4.79 Å². The summed E-state index contributed by atoms with van der Waals surface area (Å²) in [7, 11) is 0. The van der Waals surface area contributed by atoms with E-state index >= 15 is 0 Å². The summed E-state index contributed by atoms with van der Waals surface area (Å²) in [5.74, 6) is 3.09. The third-order valence-corrected chi connectivity index (χ3v) is 7.26. The van der Waals surface area contributed by atoms with E-state index in [1.165, 1.54) is 44.9 Å². The van der Waals surface area contributed by atoms with Gasteiger partial charge < -0.3 is 16.0 Å². The minimum Gasteiger partial charge on any atom is -0.350 e. The minimum absolute atomic E-state index is 0.0423. The van der Waals surface area contributed by atoms with Crippen LogP contribution in [0.25, 0.3) is 0 Å². The van der Waals surface area contributed by atoms with Gasteiger partial charge in [0.2, 0.25) is 5.91 Å². The lowest BCUT2D eigenvalue weighted by Gasteiger charge is -2.37. The summed E-state index contributed by atoms with van der Waals surface area (Å²) in [6, 6.07) is 1.42. The van der Waals surface area contributed by atoms with Gasteiger partial charge in [-0.25, -0.2) is 0 Å². The highest BCUT2D eigenvalue weighted by molar-refractivity contribution is 5.82. The van der Waals surface area contributed by atoms with Crippen molar-refractivity contribution in [3.8, 4) is 0 Å². The van der Waals surface area contributed by atoms with Gasteiger partial charge in [0.25, 0.3) is 0 Å². The fourth-order valence-corrected chi connectivity index (χ4v) is 5.65. The van der Waals surface area contributed by atoms with Crippen LogP contribution in [0.1, 0.15) is 65.2 Å². The standard InChI is InChI=1S/C20H35N3O/c1-12-5-3-7-15-11-16(22-17(12)15)20(24)23-19(14-8-9-14)18-13(2)6-4-10-21-18/h12-19,21-22H,3-11H2,1-2H3,(H,23,24)/t12?,13?,15?,16?,17?,18?,19-/m0/s1. The molecular formula is C20H35N3O. The van der Waals surface area contributed by atoms with E-state index in [0.29, 0.717) is 30.0 Å². The molecule has 2 aliphatic heterocycles. The first-order chi connectivity index (χ1) is 11.6. The van der Waals surface area contributed by atoms with Crippen molar-refractivity contribution in [3.05, 3.63) is 0 Å². The van der Waals surface area contributed by atoms with Crippen molar-refractivity contribution in [2.75, 3.05) is 6.54 Å². The van der Waals surface area contributed by atoms with Gasteiger partial charge in [-0.15, -0.1) is 0 Å². The molecule has 4 nitrogen and oxygen atoms in total. The van der Waals surface area contributed by atoms with Crippen molar-refractivity contribution >= 4 is 5.91 Å². The number of nitrogens with one attached hydrogen (secondary N) is 3. The minimum atomic E-state index is 0.0423. The molecule has 4 aliphatic rings. The SMILES string of the molecule is CC1CCCC2CC(C(=O)N[C@@H](C3CC3)C3NCCCC3C)NC12. The Morgan fingerprint density at radius 1 is 1.04 bits per heavy atom. The van der Waals surface area contributed by atoms with Crippen LogP contribution < -0.4 is 16.0 Å². The number of rotatable bonds is 4. The van der Waals surface area contributed by atoms with E-state index in [1.54, 1.807) is 0 Å². The van der Waals surface area contributed by atoms with Crippen LogP contribution in [0.15, 0.2) is 0 Å². The Balaban J connectivity index is 1.39. The zero-order valence-electron chi connectivity index (χ0n) is 15.4. The third-order valence-electron chi connectivity index (χ3n) is 7.26. The maximum Gasteiger partial charge on any atom is 0.237 e. The Kier molecular flexibility index (Phi) is 4.88. The molecule has 2 heterocycles. The molecule has 0 bridgehead atoms. The summed E-state index contributed by atoms with van der Waals surface area (Å²) in [4.78, 5) is 13.0. The lowest BCUT2D eigenvalue weighted by Crippen LogP contribution is -2.58. The molecule has 4 fully saturated rings. The Labute approximate surface area is 146 Å². The summed E-state index contributed by atoms with van der Waals surface area (Å²) >= 11 is 0. The van der Waals surface area contributed by atoms with E-state index in [4.69, 9.17) is 0 Å². The highest BCUT2D eigenvalue weighted by Gasteiger charge is 2.44. The molecule has 2 saturated heterocycles. The van der Waals surface area contributed by atoms with Crippen molar-refractivity contribution in [1.82, 2.24) is 16.0 Å². The second-order valence-corrected chi connectivity index (χ2v) is 9.12. The summed E-state index contributed by atoms with van der Waals surface area (Å²) in [6.45, 7) is 5.81. The molecule has 2 aliphatic carbocycles. The van der Waals surface area contributed by atoms with E-state index in [2.05, 4.69) is 29.8 Å². The van der Waals surface area contributed by atoms with Gasteiger partial charge in [0.05, 0.1) is 6.04 Å².